The Morgan fingerprint density at radius 3 is 2.90 bits per heavy atom. The van der Waals surface area contributed by atoms with Crippen LogP contribution in [0.5, 0.6) is 0 Å². The van der Waals surface area contributed by atoms with Gasteiger partial charge in [-0.05, 0) is 55.0 Å². The minimum atomic E-state index is -0.585. The minimum Gasteiger partial charge on any atom is -0.366 e. The molecule has 1 aliphatic heterocycles. The van der Waals surface area contributed by atoms with Gasteiger partial charge in [-0.1, -0.05) is 13.0 Å². The molecule has 2 atom stereocenters. The van der Waals surface area contributed by atoms with E-state index in [1.54, 1.807) is 23.5 Å². The third-order valence-electron chi connectivity index (χ3n) is 5.70. The summed E-state index contributed by atoms with van der Waals surface area (Å²) in [5.74, 6) is -1.03. The maximum Gasteiger partial charge on any atom is 0.250 e. The maximum atomic E-state index is 13.6. The summed E-state index contributed by atoms with van der Waals surface area (Å²) in [6.45, 7) is 3.17. The lowest BCUT2D eigenvalue weighted by Gasteiger charge is -2.34. The molecule has 4 rings (SSSR count). The molecule has 2 N–H and O–H groups in total. The zero-order chi connectivity index (χ0) is 21.3. The Hall–Kier alpha value is -2.80. The number of primary amides is 1. The predicted molar refractivity (Wildman–Crippen MR) is 116 cm³/mol. The molecule has 1 fully saturated rings. The highest BCUT2D eigenvalue weighted by atomic mass is 32.1. The fourth-order valence-electron chi connectivity index (χ4n) is 4.20. The van der Waals surface area contributed by atoms with Gasteiger partial charge in [-0.3, -0.25) is 14.6 Å². The summed E-state index contributed by atoms with van der Waals surface area (Å²) in [7, 11) is 0. The number of halogens is 1. The van der Waals surface area contributed by atoms with E-state index in [0.29, 0.717) is 35.2 Å². The zero-order valence-electron chi connectivity index (χ0n) is 16.8. The van der Waals surface area contributed by atoms with Crippen molar-refractivity contribution in [1.82, 2.24) is 9.88 Å². The molecule has 156 valence electrons. The van der Waals surface area contributed by atoms with Gasteiger partial charge in [-0.2, -0.15) is 0 Å². The van der Waals surface area contributed by atoms with E-state index in [9.17, 15) is 14.0 Å². The molecule has 30 heavy (non-hydrogen) atoms. The van der Waals surface area contributed by atoms with Crippen molar-refractivity contribution in [3.63, 3.8) is 0 Å². The van der Waals surface area contributed by atoms with Gasteiger partial charge in [0.25, 0.3) is 5.91 Å². The van der Waals surface area contributed by atoms with Gasteiger partial charge in [0.15, 0.2) is 0 Å². The van der Waals surface area contributed by atoms with E-state index in [1.807, 2.05) is 23.3 Å². The molecule has 2 amide bonds. The molecule has 3 heterocycles. The summed E-state index contributed by atoms with van der Waals surface area (Å²) in [6.07, 6.45) is 2.39. The Bertz CT molecular complexity index is 1080. The fraction of sp³-hybridized carbons (Fsp3) is 0.348. The van der Waals surface area contributed by atoms with Gasteiger partial charge in [0.05, 0.1) is 16.8 Å². The Morgan fingerprint density at radius 1 is 1.33 bits per heavy atom. The number of nitrogens with zero attached hydrogens (tertiary/aromatic N) is 2. The Labute approximate surface area is 178 Å². The number of hydrogen-bond acceptors (Lipinski definition) is 4. The van der Waals surface area contributed by atoms with Crippen molar-refractivity contribution < 1.29 is 14.0 Å². The van der Waals surface area contributed by atoms with Crippen LogP contribution in [0.2, 0.25) is 0 Å². The van der Waals surface area contributed by atoms with Crippen molar-refractivity contribution in [3.8, 4) is 0 Å². The molecular formula is C23H24FN3O2S. The normalized spacial score (nSPS) is 17.8. The van der Waals surface area contributed by atoms with Crippen molar-refractivity contribution >= 4 is 34.1 Å². The average Bonchev–Trinajstić information content (AvgIpc) is 3.25. The molecule has 5 nitrogen and oxygen atoms in total. The van der Waals surface area contributed by atoms with Crippen LogP contribution in [0.3, 0.4) is 0 Å². The molecular weight excluding hydrogens is 401 g/mol. The van der Waals surface area contributed by atoms with Crippen molar-refractivity contribution in [2.75, 3.05) is 13.1 Å². The van der Waals surface area contributed by atoms with E-state index < -0.39 is 5.91 Å². The van der Waals surface area contributed by atoms with Gasteiger partial charge in [0, 0.05) is 35.2 Å². The highest BCUT2D eigenvalue weighted by molar-refractivity contribution is 7.09. The van der Waals surface area contributed by atoms with Crippen LogP contribution in [0.4, 0.5) is 4.39 Å². The van der Waals surface area contributed by atoms with Crippen LogP contribution in [0, 0.1) is 11.7 Å². The number of hydrogen-bond donors (Lipinski definition) is 1. The first-order valence-corrected chi connectivity index (χ1v) is 11.0. The summed E-state index contributed by atoms with van der Waals surface area (Å²) in [6, 6.07) is 9.97. The second-order valence-electron chi connectivity index (χ2n) is 7.93. The highest BCUT2D eigenvalue weighted by Gasteiger charge is 2.30. The van der Waals surface area contributed by atoms with Crippen LogP contribution in [-0.4, -0.2) is 34.8 Å². The average molecular weight is 426 g/mol. The van der Waals surface area contributed by atoms with E-state index in [0.717, 1.165) is 19.3 Å². The van der Waals surface area contributed by atoms with Gasteiger partial charge in [-0.15, -0.1) is 11.3 Å². The number of carbonyl (C=O) groups excluding carboxylic acids is 2. The SMILES string of the molecule is C[C@@H](Cc1cccs1)C(=O)N1CCC[C@H](c2nc3ccc(F)cc3cc2C(N)=O)C1. The molecule has 0 spiro atoms. The van der Waals surface area contributed by atoms with Gasteiger partial charge in [0.1, 0.15) is 5.82 Å². The molecule has 3 aromatic rings. The van der Waals surface area contributed by atoms with Crippen molar-refractivity contribution in [3.05, 3.63) is 63.7 Å². The van der Waals surface area contributed by atoms with E-state index >= 15 is 0 Å². The second kappa shape index (κ2) is 8.52. The summed E-state index contributed by atoms with van der Waals surface area (Å²) in [5, 5.41) is 2.56. The van der Waals surface area contributed by atoms with Gasteiger partial charge in [0.2, 0.25) is 5.91 Å². The van der Waals surface area contributed by atoms with Crippen LogP contribution in [0.15, 0.2) is 41.8 Å². The summed E-state index contributed by atoms with van der Waals surface area (Å²) in [4.78, 5) is 32.9. The van der Waals surface area contributed by atoms with Crippen LogP contribution in [0.1, 0.15) is 46.6 Å². The number of fused-ring (bicyclic) bond motifs is 1. The molecule has 0 aliphatic carbocycles. The Kier molecular flexibility index (Phi) is 5.81. The summed E-state index contributed by atoms with van der Waals surface area (Å²) >= 11 is 1.66. The van der Waals surface area contributed by atoms with Crippen molar-refractivity contribution in [1.29, 1.82) is 0 Å². The predicted octanol–water partition coefficient (Wildman–Crippen LogP) is 4.12. The molecule has 0 unspecified atom stereocenters. The number of thiophene rings is 1. The molecule has 0 bridgehead atoms. The molecule has 1 aromatic carbocycles. The van der Waals surface area contributed by atoms with Crippen LogP contribution in [0.25, 0.3) is 10.9 Å². The Balaban J connectivity index is 1.58. The van der Waals surface area contributed by atoms with E-state index in [-0.39, 0.29) is 23.6 Å². The van der Waals surface area contributed by atoms with Gasteiger partial charge < -0.3 is 10.6 Å². The third-order valence-corrected chi connectivity index (χ3v) is 6.60. The van der Waals surface area contributed by atoms with Crippen LogP contribution < -0.4 is 5.73 Å². The topological polar surface area (TPSA) is 76.3 Å². The van der Waals surface area contributed by atoms with Crippen molar-refractivity contribution in [2.45, 2.75) is 32.1 Å². The monoisotopic (exact) mass is 425 g/mol. The first-order valence-electron chi connectivity index (χ1n) is 10.1. The lowest BCUT2D eigenvalue weighted by Crippen LogP contribution is -2.42. The highest BCUT2D eigenvalue weighted by Crippen LogP contribution is 2.31. The largest absolute Gasteiger partial charge is 0.366 e. The smallest absolute Gasteiger partial charge is 0.250 e. The maximum absolute atomic E-state index is 13.6. The number of rotatable bonds is 5. The molecule has 0 radical (unpaired) electrons. The molecule has 2 aromatic heterocycles. The number of nitrogens with two attached hydrogens (primary N) is 1. The Morgan fingerprint density at radius 2 is 2.17 bits per heavy atom. The second-order valence-corrected chi connectivity index (χ2v) is 8.96. The number of benzene rings is 1. The zero-order valence-corrected chi connectivity index (χ0v) is 17.6. The summed E-state index contributed by atoms with van der Waals surface area (Å²) in [5.41, 5.74) is 7.14. The first-order chi connectivity index (χ1) is 14.4. The van der Waals surface area contributed by atoms with Gasteiger partial charge in [-0.25, -0.2) is 4.39 Å². The van der Waals surface area contributed by atoms with Gasteiger partial charge >= 0.3 is 0 Å². The first kappa shape index (κ1) is 20.5. The fourth-order valence-corrected chi connectivity index (χ4v) is 5.04. The van der Waals surface area contributed by atoms with Crippen molar-refractivity contribution in [2.24, 2.45) is 11.7 Å². The summed E-state index contributed by atoms with van der Waals surface area (Å²) < 4.78 is 13.6. The molecule has 0 saturated carbocycles. The van der Waals surface area contributed by atoms with E-state index in [1.165, 1.54) is 17.0 Å². The number of aromatic nitrogens is 1. The number of piperidine rings is 1. The molecule has 7 heteroatoms. The number of likely N-dealkylation sites (tertiary alicyclic amines) is 1. The minimum absolute atomic E-state index is 0.0754. The molecule has 1 saturated heterocycles. The quantitative estimate of drug-likeness (QED) is 0.668. The third kappa shape index (κ3) is 4.21. The standard InChI is InChI=1S/C23H24FN3O2S/c1-14(10-18-5-3-9-30-18)23(29)27-8-2-4-15(13-27)21-19(22(25)28)12-16-11-17(24)6-7-20(16)26-21/h3,5-7,9,11-12,14-15H,2,4,8,10,13H2,1H3,(H2,25,28)/t14-,15-/m0/s1. The number of pyridine rings is 1. The van der Waals surface area contributed by atoms with Crippen LogP contribution >= 0.6 is 11.3 Å². The van der Waals surface area contributed by atoms with E-state index in [2.05, 4.69) is 11.1 Å². The lowest BCUT2D eigenvalue weighted by atomic mass is 9.89. The van der Waals surface area contributed by atoms with Crippen LogP contribution in [-0.2, 0) is 11.2 Å². The number of amides is 2. The lowest BCUT2D eigenvalue weighted by molar-refractivity contribution is -0.136. The number of carbonyl (C=O) groups is 2. The molecule has 1 aliphatic rings. The van der Waals surface area contributed by atoms with E-state index in [4.69, 9.17) is 5.73 Å².